The monoisotopic (exact) mass is 848 g/mol. The highest BCUT2D eigenvalue weighted by molar-refractivity contribution is 9.10. The zero-order valence-corrected chi connectivity index (χ0v) is 35.5. The SMILES string of the molecule is CCCCCCCCN1C(=O)c2ccc3c4c(Oc5ccc(C6C=CC=C6)cc5)cc5c6c(ccc(c7c(Br)cc(c2c37)C1=O)c64)C(=O)N(CCCCCCCC)C5=O. The number of rotatable bonds is 17. The highest BCUT2D eigenvalue weighted by Gasteiger charge is 2.38. The highest BCUT2D eigenvalue weighted by atomic mass is 79.9. The van der Waals surface area contributed by atoms with Crippen molar-refractivity contribution in [2.45, 2.75) is 96.8 Å². The van der Waals surface area contributed by atoms with E-state index in [9.17, 15) is 19.2 Å². The summed E-state index contributed by atoms with van der Waals surface area (Å²) >= 11 is 3.87. The molecule has 9 rings (SSSR count). The number of halogens is 1. The number of amides is 4. The van der Waals surface area contributed by atoms with E-state index in [4.69, 9.17) is 4.74 Å². The lowest BCUT2D eigenvalue weighted by atomic mass is 9.81. The Labute approximate surface area is 353 Å². The van der Waals surface area contributed by atoms with Crippen LogP contribution >= 0.6 is 15.9 Å². The molecule has 0 aromatic heterocycles. The molecule has 0 fully saturated rings. The average Bonchev–Trinajstić information content (AvgIpc) is 3.79. The number of hydrogen-bond donors (Lipinski definition) is 0. The second kappa shape index (κ2) is 16.4. The molecular weight excluding hydrogens is 800 g/mol. The number of hydrogen-bond acceptors (Lipinski definition) is 5. The number of imide groups is 2. The first-order valence-electron chi connectivity index (χ1n) is 21.6. The lowest BCUT2D eigenvalue weighted by Crippen LogP contribution is -2.41. The molecule has 2 heterocycles. The van der Waals surface area contributed by atoms with E-state index in [1.807, 2.05) is 54.6 Å². The number of carbonyl (C=O) groups excluding carboxylic acids is 4. The Morgan fingerprint density at radius 1 is 0.508 bits per heavy atom. The first-order chi connectivity index (χ1) is 28.8. The smallest absolute Gasteiger partial charge is 0.261 e. The van der Waals surface area contributed by atoms with Gasteiger partial charge in [0, 0.05) is 72.5 Å². The normalized spacial score (nSPS) is 15.2. The number of allylic oxidation sites excluding steroid dienone is 4. The van der Waals surface area contributed by atoms with Gasteiger partial charge in [0.2, 0.25) is 0 Å². The number of benzene rings is 6. The summed E-state index contributed by atoms with van der Waals surface area (Å²) in [5.41, 5.74) is 3.04. The standard InChI is InChI=1S/C51H49BrN2O5/c1-3-5-7-9-11-15-27-53-48(55)36-26-24-35-45-41(59-33-21-19-32(20-22-33)31-17-13-14-18-31)30-39-43-37(49(56)54(51(39)58)28-16-12-10-8-6-4-2)25-23-34(47(43)45)44-40(52)29-38(50(53)57)42(36)46(35)44/h13-14,17-26,29-31H,3-12,15-16,27-28H2,1-2H3. The van der Waals surface area contributed by atoms with Crippen molar-refractivity contribution in [1.29, 1.82) is 0 Å². The molecule has 0 bridgehead atoms. The van der Waals surface area contributed by atoms with Crippen LogP contribution in [0, 0.1) is 0 Å². The van der Waals surface area contributed by atoms with Crippen molar-refractivity contribution < 1.29 is 23.9 Å². The van der Waals surface area contributed by atoms with Gasteiger partial charge < -0.3 is 4.74 Å². The van der Waals surface area contributed by atoms with Gasteiger partial charge in [0.15, 0.2) is 0 Å². The lowest BCUT2D eigenvalue weighted by molar-refractivity contribution is 0.0592. The maximum atomic E-state index is 14.5. The van der Waals surface area contributed by atoms with Crippen LogP contribution in [0.15, 0.2) is 89.4 Å². The summed E-state index contributed by atoms with van der Waals surface area (Å²) in [5.74, 6) is 0.0987. The Balaban J connectivity index is 1.20. The number of carbonyl (C=O) groups is 4. The fraction of sp³-hybridized carbons (Fsp3) is 0.333. The van der Waals surface area contributed by atoms with E-state index < -0.39 is 0 Å². The zero-order chi connectivity index (χ0) is 40.8. The van der Waals surface area contributed by atoms with Crippen LogP contribution in [-0.2, 0) is 0 Å². The van der Waals surface area contributed by atoms with E-state index in [2.05, 4.69) is 54.1 Å². The molecule has 4 amide bonds. The summed E-state index contributed by atoms with van der Waals surface area (Å²) in [4.78, 5) is 60.1. The number of fused-ring (bicyclic) bond motifs is 2. The third kappa shape index (κ3) is 6.73. The Morgan fingerprint density at radius 2 is 0.983 bits per heavy atom. The van der Waals surface area contributed by atoms with Crippen LogP contribution in [0.5, 0.6) is 11.5 Å². The van der Waals surface area contributed by atoms with Gasteiger partial charge in [-0.1, -0.05) is 143 Å². The maximum Gasteiger partial charge on any atom is 0.261 e. The average molecular weight is 850 g/mol. The first kappa shape index (κ1) is 39.1. The van der Waals surface area contributed by atoms with Gasteiger partial charge in [-0.3, -0.25) is 29.0 Å². The first-order valence-corrected chi connectivity index (χ1v) is 22.4. The Bertz CT molecular complexity index is 2720. The molecule has 0 saturated heterocycles. The molecule has 59 heavy (non-hydrogen) atoms. The van der Waals surface area contributed by atoms with Gasteiger partial charge in [-0.25, -0.2) is 0 Å². The predicted octanol–water partition coefficient (Wildman–Crippen LogP) is 13.4. The largest absolute Gasteiger partial charge is 0.457 e. The highest BCUT2D eigenvalue weighted by Crippen LogP contribution is 2.51. The van der Waals surface area contributed by atoms with E-state index in [0.717, 1.165) is 102 Å². The molecule has 0 saturated carbocycles. The van der Waals surface area contributed by atoms with Gasteiger partial charge in [-0.2, -0.15) is 0 Å². The molecule has 0 radical (unpaired) electrons. The van der Waals surface area contributed by atoms with Crippen LogP contribution in [0.4, 0.5) is 0 Å². The van der Waals surface area contributed by atoms with E-state index in [-0.39, 0.29) is 29.5 Å². The van der Waals surface area contributed by atoms with Crippen molar-refractivity contribution in [2.75, 3.05) is 13.1 Å². The quantitative estimate of drug-likeness (QED) is 0.0395. The predicted molar refractivity (Wildman–Crippen MR) is 240 cm³/mol. The Hall–Kier alpha value is -5.34. The van der Waals surface area contributed by atoms with Gasteiger partial charge in [0.25, 0.3) is 23.6 Å². The van der Waals surface area contributed by atoms with Gasteiger partial charge >= 0.3 is 0 Å². The molecule has 6 aromatic rings. The van der Waals surface area contributed by atoms with Crippen LogP contribution in [-0.4, -0.2) is 46.5 Å². The van der Waals surface area contributed by atoms with Crippen LogP contribution in [0.25, 0.3) is 43.1 Å². The fourth-order valence-electron chi connectivity index (χ4n) is 9.61. The molecule has 3 aliphatic rings. The fourth-order valence-corrected chi connectivity index (χ4v) is 10.2. The summed E-state index contributed by atoms with van der Waals surface area (Å²) in [6.45, 7) is 5.11. The van der Waals surface area contributed by atoms with Crippen molar-refractivity contribution >= 4 is 82.6 Å². The van der Waals surface area contributed by atoms with Crippen LogP contribution < -0.4 is 4.74 Å². The van der Waals surface area contributed by atoms with Crippen molar-refractivity contribution in [2.24, 2.45) is 0 Å². The molecule has 8 heteroatoms. The van der Waals surface area contributed by atoms with Crippen LogP contribution in [0.1, 0.15) is 144 Å². The summed E-state index contributed by atoms with van der Waals surface area (Å²) in [7, 11) is 0. The molecule has 1 aliphatic carbocycles. The Kier molecular flexibility index (Phi) is 10.9. The van der Waals surface area contributed by atoms with Gasteiger partial charge in [0.05, 0.1) is 5.56 Å². The number of unbranched alkanes of at least 4 members (excludes halogenated alkanes) is 10. The third-order valence-corrected chi connectivity index (χ3v) is 13.3. The third-order valence-electron chi connectivity index (χ3n) is 12.6. The number of ether oxygens (including phenoxy) is 1. The molecule has 6 aromatic carbocycles. The molecule has 0 atom stereocenters. The van der Waals surface area contributed by atoms with E-state index >= 15 is 0 Å². The second-order valence-electron chi connectivity index (χ2n) is 16.4. The molecule has 2 aliphatic heterocycles. The topological polar surface area (TPSA) is 84.0 Å². The minimum absolute atomic E-state index is 0.200. The van der Waals surface area contributed by atoms with Crippen molar-refractivity contribution in [3.8, 4) is 11.5 Å². The van der Waals surface area contributed by atoms with E-state index in [1.165, 1.54) is 22.6 Å². The Morgan fingerprint density at radius 3 is 1.54 bits per heavy atom. The van der Waals surface area contributed by atoms with Crippen molar-refractivity contribution in [1.82, 2.24) is 9.80 Å². The van der Waals surface area contributed by atoms with Crippen LogP contribution in [0.2, 0.25) is 0 Å². The van der Waals surface area contributed by atoms with Gasteiger partial charge in [-0.05, 0) is 65.6 Å². The van der Waals surface area contributed by atoms with Gasteiger partial charge in [0.1, 0.15) is 11.5 Å². The van der Waals surface area contributed by atoms with E-state index in [0.29, 0.717) is 62.1 Å². The molecule has 0 spiro atoms. The lowest BCUT2D eigenvalue weighted by Gasteiger charge is -2.31. The molecule has 0 unspecified atom stereocenters. The molecule has 7 nitrogen and oxygen atoms in total. The molecular formula is C51H49BrN2O5. The van der Waals surface area contributed by atoms with Crippen molar-refractivity contribution in [3.63, 3.8) is 0 Å². The number of nitrogens with zero attached hydrogens (tertiary/aromatic N) is 2. The summed E-state index contributed by atoms with van der Waals surface area (Å²) in [5, 5.41) is 5.91. The maximum absolute atomic E-state index is 14.5. The van der Waals surface area contributed by atoms with Crippen LogP contribution in [0.3, 0.4) is 0 Å². The minimum atomic E-state index is -0.323. The molecule has 0 N–H and O–H groups in total. The second-order valence-corrected chi connectivity index (χ2v) is 17.3. The van der Waals surface area contributed by atoms with Gasteiger partial charge in [-0.15, -0.1) is 0 Å². The molecule has 300 valence electrons. The summed E-state index contributed by atoms with van der Waals surface area (Å²) in [6, 6.07) is 19.2. The summed E-state index contributed by atoms with van der Waals surface area (Å²) < 4.78 is 7.54. The summed E-state index contributed by atoms with van der Waals surface area (Å²) in [6.07, 6.45) is 21.0. The minimum Gasteiger partial charge on any atom is -0.457 e. The van der Waals surface area contributed by atoms with Crippen molar-refractivity contribution in [3.05, 3.63) is 117 Å². The zero-order valence-electron chi connectivity index (χ0n) is 33.9. The van der Waals surface area contributed by atoms with E-state index in [1.54, 1.807) is 6.07 Å².